The van der Waals surface area contributed by atoms with Crippen LogP contribution in [-0.2, 0) is 14.3 Å². The van der Waals surface area contributed by atoms with E-state index in [0.29, 0.717) is 25.4 Å². The van der Waals surface area contributed by atoms with Crippen LogP contribution in [0.1, 0.15) is 58.4 Å². The van der Waals surface area contributed by atoms with Gasteiger partial charge in [0.15, 0.2) is 0 Å². The molecule has 8 nitrogen and oxygen atoms in total. The van der Waals surface area contributed by atoms with Gasteiger partial charge in [-0.2, -0.15) is 0 Å². The Morgan fingerprint density at radius 2 is 2.00 bits per heavy atom. The number of fused-ring (bicyclic) bond motifs is 1. The van der Waals surface area contributed by atoms with E-state index in [9.17, 15) is 9.59 Å². The van der Waals surface area contributed by atoms with Gasteiger partial charge in [0.05, 0.1) is 36.7 Å². The number of allylic oxidation sites excluding steroid dienone is 4. The van der Waals surface area contributed by atoms with Gasteiger partial charge < -0.3 is 19.4 Å². The summed E-state index contributed by atoms with van der Waals surface area (Å²) in [6.07, 6.45) is 8.36. The molecule has 4 rings (SSSR count). The first kappa shape index (κ1) is 25.3. The third-order valence-electron chi connectivity index (χ3n) is 6.71. The van der Waals surface area contributed by atoms with Crippen molar-refractivity contribution in [2.75, 3.05) is 36.6 Å². The fourth-order valence-electron chi connectivity index (χ4n) is 4.80. The van der Waals surface area contributed by atoms with E-state index in [0.717, 1.165) is 54.6 Å². The van der Waals surface area contributed by atoms with Crippen LogP contribution in [0.5, 0.6) is 0 Å². The summed E-state index contributed by atoms with van der Waals surface area (Å²) in [6.45, 7) is 7.18. The summed E-state index contributed by atoms with van der Waals surface area (Å²) in [5.74, 6) is 6.68. The molecule has 8 heteroatoms. The molecule has 1 atom stereocenters. The first-order valence-corrected chi connectivity index (χ1v) is 12.7. The van der Waals surface area contributed by atoms with Crippen molar-refractivity contribution >= 4 is 28.9 Å². The molecule has 3 aliphatic rings. The minimum Gasteiger partial charge on any atom is -0.446 e. The molecule has 1 aromatic rings. The van der Waals surface area contributed by atoms with Crippen LogP contribution in [0.2, 0.25) is 0 Å². The minimum atomic E-state index is -0.394. The predicted octanol–water partition coefficient (Wildman–Crippen LogP) is 4.46. The summed E-state index contributed by atoms with van der Waals surface area (Å²) in [6, 6.07) is 5.87. The van der Waals surface area contributed by atoms with Gasteiger partial charge >= 0.3 is 6.09 Å². The van der Waals surface area contributed by atoms with E-state index < -0.39 is 6.09 Å². The lowest BCUT2D eigenvalue weighted by atomic mass is 9.98. The summed E-state index contributed by atoms with van der Waals surface area (Å²) >= 11 is 0. The zero-order valence-corrected chi connectivity index (χ0v) is 21.3. The molecular weight excluding hydrogens is 444 g/mol. The average Bonchev–Trinajstić information content (AvgIpc) is 3.68. The Morgan fingerprint density at radius 1 is 1.23 bits per heavy atom. The number of hydrazine groups is 1. The van der Waals surface area contributed by atoms with Crippen LogP contribution in [0, 0.1) is 5.92 Å². The van der Waals surface area contributed by atoms with Crippen molar-refractivity contribution < 1.29 is 19.1 Å². The largest absolute Gasteiger partial charge is 0.446 e. The number of ether oxygens (including phenoxy) is 2. The van der Waals surface area contributed by atoms with Crippen LogP contribution in [-0.4, -0.2) is 56.0 Å². The van der Waals surface area contributed by atoms with E-state index in [-0.39, 0.29) is 24.0 Å². The van der Waals surface area contributed by atoms with Crippen molar-refractivity contribution in [1.82, 2.24) is 5.01 Å². The second kappa shape index (κ2) is 10.8. The number of hydrogen-bond acceptors (Lipinski definition) is 6. The van der Waals surface area contributed by atoms with Gasteiger partial charge in [0.25, 0.3) is 0 Å². The Kier molecular flexibility index (Phi) is 7.82. The lowest BCUT2D eigenvalue weighted by Gasteiger charge is -2.41. The molecule has 2 aliphatic carbocycles. The van der Waals surface area contributed by atoms with Crippen LogP contribution in [0.15, 0.2) is 36.0 Å². The fourth-order valence-corrected chi connectivity index (χ4v) is 4.80. The zero-order valence-electron chi connectivity index (χ0n) is 21.3. The summed E-state index contributed by atoms with van der Waals surface area (Å²) in [7, 11) is 1.67. The van der Waals surface area contributed by atoms with Crippen molar-refractivity contribution in [2.24, 2.45) is 11.8 Å². The number of carbonyl (C=O) groups is 2. The number of nitrogens with two attached hydrogens (primary N) is 1. The molecule has 0 radical (unpaired) electrons. The second-order valence-electron chi connectivity index (χ2n) is 9.92. The highest BCUT2D eigenvalue weighted by molar-refractivity contribution is 6.05. The minimum absolute atomic E-state index is 0.0878. The second-order valence-corrected chi connectivity index (χ2v) is 9.92. The number of carbonyl (C=O) groups excluding carboxylic acids is 2. The number of hydrogen-bond donors (Lipinski definition) is 1. The zero-order chi connectivity index (χ0) is 25.1. The molecule has 1 fully saturated rings. The van der Waals surface area contributed by atoms with Gasteiger partial charge in [-0.15, -0.1) is 0 Å². The van der Waals surface area contributed by atoms with E-state index in [4.69, 9.17) is 15.3 Å². The number of amides is 2. The number of rotatable bonds is 7. The first-order valence-electron chi connectivity index (χ1n) is 12.7. The van der Waals surface area contributed by atoms with Crippen LogP contribution >= 0.6 is 0 Å². The molecule has 1 aliphatic heterocycles. The average molecular weight is 483 g/mol. The molecule has 0 saturated heterocycles. The van der Waals surface area contributed by atoms with E-state index in [1.54, 1.807) is 17.0 Å². The van der Waals surface area contributed by atoms with Crippen molar-refractivity contribution in [2.45, 2.75) is 65.0 Å². The first-order chi connectivity index (χ1) is 16.8. The van der Waals surface area contributed by atoms with Crippen molar-refractivity contribution in [3.63, 3.8) is 0 Å². The lowest BCUT2D eigenvalue weighted by molar-refractivity contribution is -0.120. The molecule has 35 heavy (non-hydrogen) atoms. The Balaban J connectivity index is 1.79. The van der Waals surface area contributed by atoms with Crippen molar-refractivity contribution in [3.05, 3.63) is 41.6 Å². The summed E-state index contributed by atoms with van der Waals surface area (Å²) in [4.78, 5) is 29.9. The molecule has 1 heterocycles. The molecule has 0 unspecified atom stereocenters. The Morgan fingerprint density at radius 3 is 2.69 bits per heavy atom. The Bertz CT molecular complexity index is 1010. The van der Waals surface area contributed by atoms with Crippen LogP contribution in [0.25, 0.3) is 5.57 Å². The topological polar surface area (TPSA) is 88.3 Å². The molecular formula is C27H38N4O4. The van der Waals surface area contributed by atoms with Gasteiger partial charge in [-0.05, 0) is 70.6 Å². The summed E-state index contributed by atoms with van der Waals surface area (Å²) < 4.78 is 10.8. The monoisotopic (exact) mass is 482 g/mol. The highest BCUT2D eigenvalue weighted by atomic mass is 16.6. The molecule has 2 N–H and O–H groups in total. The van der Waals surface area contributed by atoms with E-state index in [2.05, 4.69) is 12.2 Å². The van der Waals surface area contributed by atoms with Gasteiger partial charge in [0, 0.05) is 30.8 Å². The van der Waals surface area contributed by atoms with Gasteiger partial charge in [0.1, 0.15) is 0 Å². The molecule has 0 bridgehead atoms. The number of nitrogens with zero attached hydrogens (tertiary/aromatic N) is 3. The lowest BCUT2D eigenvalue weighted by Crippen LogP contribution is -2.52. The number of benzene rings is 1. The van der Waals surface area contributed by atoms with Crippen LogP contribution in [0.4, 0.5) is 16.2 Å². The van der Waals surface area contributed by atoms with Crippen LogP contribution < -0.4 is 15.6 Å². The van der Waals surface area contributed by atoms with Crippen molar-refractivity contribution in [1.29, 1.82) is 0 Å². The third kappa shape index (κ3) is 5.54. The molecule has 0 spiro atoms. The normalized spacial score (nSPS) is 20.1. The molecule has 2 amide bonds. The third-order valence-corrected chi connectivity index (χ3v) is 6.71. The van der Waals surface area contributed by atoms with Crippen molar-refractivity contribution in [3.8, 4) is 0 Å². The summed E-state index contributed by atoms with van der Waals surface area (Å²) in [5.41, 5.74) is 4.49. The molecule has 1 aromatic carbocycles. The quantitative estimate of drug-likeness (QED) is 0.456. The van der Waals surface area contributed by atoms with Gasteiger partial charge in [-0.3, -0.25) is 9.69 Å². The molecule has 0 aromatic heterocycles. The fraction of sp³-hybridized carbons (Fsp3) is 0.556. The maximum absolute atomic E-state index is 13.2. The standard InChI is InChI=1S/C27H38N4O4/c1-18(2)35-27(33)29-17-19(3)31(26(32)20-10-11-20)24-13-12-21(16-25(24)29)22-8-6-5-7-9-23(22)30(28)14-15-34-4/h6,8,12-13,16,18-20H,5,7,9-11,14-15,17,28H2,1-4H3/t19-/m0/s1. The molecule has 1 saturated carbocycles. The number of methoxy groups -OCH3 is 1. The van der Waals surface area contributed by atoms with E-state index in [1.165, 1.54) is 0 Å². The smallest absolute Gasteiger partial charge is 0.414 e. The van der Waals surface area contributed by atoms with E-state index >= 15 is 0 Å². The SMILES string of the molecule is COCCN(N)C1=C(c2ccc3c(c2)N(C(=O)OC(C)C)C[C@H](C)N3C(=O)C2CC2)C=CCCC1. The highest BCUT2D eigenvalue weighted by Gasteiger charge is 2.41. The van der Waals surface area contributed by atoms with Gasteiger partial charge in [0.2, 0.25) is 5.91 Å². The Labute approximate surface area is 208 Å². The van der Waals surface area contributed by atoms with E-state index in [1.807, 2.05) is 43.9 Å². The summed E-state index contributed by atoms with van der Waals surface area (Å²) in [5, 5.41) is 1.77. The van der Waals surface area contributed by atoms with Gasteiger partial charge in [-0.1, -0.05) is 18.2 Å². The number of anilines is 2. The van der Waals surface area contributed by atoms with Crippen LogP contribution in [0.3, 0.4) is 0 Å². The predicted molar refractivity (Wildman–Crippen MR) is 138 cm³/mol. The highest BCUT2D eigenvalue weighted by Crippen LogP contribution is 2.42. The van der Waals surface area contributed by atoms with Gasteiger partial charge in [-0.25, -0.2) is 10.6 Å². The maximum Gasteiger partial charge on any atom is 0.414 e. The molecule has 190 valence electrons. The Hall–Kier alpha value is -2.84. The maximum atomic E-state index is 13.2.